The minimum absolute atomic E-state index is 0.177. The van der Waals surface area contributed by atoms with E-state index < -0.39 is 0 Å². The van der Waals surface area contributed by atoms with E-state index in [-0.39, 0.29) is 17.4 Å². The molecule has 114 valence electrons. The van der Waals surface area contributed by atoms with Crippen molar-refractivity contribution in [3.8, 4) is 0 Å². The Hall–Kier alpha value is -1.35. The third-order valence-corrected chi connectivity index (χ3v) is 5.54. The lowest BCUT2D eigenvalue weighted by Crippen LogP contribution is -2.48. The summed E-state index contributed by atoms with van der Waals surface area (Å²) in [5.41, 5.74) is 8.33. The molecule has 1 aromatic carbocycles. The molecule has 3 nitrogen and oxygen atoms in total. The van der Waals surface area contributed by atoms with Crippen molar-refractivity contribution in [2.24, 2.45) is 17.1 Å². The first kappa shape index (κ1) is 14.6. The molecule has 0 aromatic heterocycles. The van der Waals surface area contributed by atoms with E-state index in [1.54, 1.807) is 0 Å². The quantitative estimate of drug-likeness (QED) is 0.897. The SMILES string of the molecule is CC1CCC(CN)(C(=O)NC2CCc3ccccc32)CC1. The summed E-state index contributed by atoms with van der Waals surface area (Å²) in [6.07, 6.45) is 6.18. The van der Waals surface area contributed by atoms with Gasteiger partial charge in [-0.1, -0.05) is 31.2 Å². The lowest BCUT2D eigenvalue weighted by Gasteiger charge is -2.38. The van der Waals surface area contributed by atoms with Gasteiger partial charge in [-0.3, -0.25) is 4.79 Å². The van der Waals surface area contributed by atoms with Gasteiger partial charge >= 0.3 is 0 Å². The third kappa shape index (κ3) is 2.71. The average Bonchev–Trinajstić information content (AvgIpc) is 2.92. The molecule has 3 N–H and O–H groups in total. The molecule has 0 aliphatic heterocycles. The normalized spacial score (nSPS) is 31.7. The Morgan fingerprint density at radius 3 is 2.71 bits per heavy atom. The van der Waals surface area contributed by atoms with E-state index in [4.69, 9.17) is 5.73 Å². The maximum absolute atomic E-state index is 12.8. The molecule has 1 fully saturated rings. The molecule has 0 bridgehead atoms. The van der Waals surface area contributed by atoms with Crippen LogP contribution in [0.5, 0.6) is 0 Å². The van der Waals surface area contributed by atoms with Crippen LogP contribution in [-0.4, -0.2) is 12.5 Å². The highest BCUT2D eigenvalue weighted by Gasteiger charge is 2.41. The number of rotatable bonds is 3. The highest BCUT2D eigenvalue weighted by atomic mass is 16.2. The average molecular weight is 286 g/mol. The highest BCUT2D eigenvalue weighted by Crippen LogP contribution is 2.39. The van der Waals surface area contributed by atoms with Crippen molar-refractivity contribution in [2.45, 2.75) is 51.5 Å². The van der Waals surface area contributed by atoms with Crippen molar-refractivity contribution in [2.75, 3.05) is 6.54 Å². The number of benzene rings is 1. The van der Waals surface area contributed by atoms with Gasteiger partial charge in [0.25, 0.3) is 0 Å². The Kier molecular flexibility index (Phi) is 4.03. The van der Waals surface area contributed by atoms with Crippen molar-refractivity contribution in [1.29, 1.82) is 0 Å². The predicted octanol–water partition coefficient (Wildman–Crippen LogP) is 2.95. The zero-order valence-corrected chi connectivity index (χ0v) is 12.9. The van der Waals surface area contributed by atoms with E-state index >= 15 is 0 Å². The molecule has 1 saturated carbocycles. The summed E-state index contributed by atoms with van der Waals surface area (Å²) in [6, 6.07) is 8.63. The van der Waals surface area contributed by atoms with Crippen LogP contribution in [0.2, 0.25) is 0 Å². The molecule has 1 aromatic rings. The van der Waals surface area contributed by atoms with Crippen LogP contribution < -0.4 is 11.1 Å². The number of fused-ring (bicyclic) bond motifs is 1. The van der Waals surface area contributed by atoms with Crippen LogP contribution in [0, 0.1) is 11.3 Å². The predicted molar refractivity (Wildman–Crippen MR) is 84.8 cm³/mol. The summed E-state index contributed by atoms with van der Waals surface area (Å²) in [5.74, 6) is 0.906. The van der Waals surface area contributed by atoms with Crippen molar-refractivity contribution in [3.05, 3.63) is 35.4 Å². The molecule has 1 amide bonds. The van der Waals surface area contributed by atoms with Gasteiger partial charge in [0.15, 0.2) is 0 Å². The molecule has 3 rings (SSSR count). The van der Waals surface area contributed by atoms with Crippen LogP contribution >= 0.6 is 0 Å². The van der Waals surface area contributed by atoms with Gasteiger partial charge in [-0.2, -0.15) is 0 Å². The molecule has 1 atom stereocenters. The van der Waals surface area contributed by atoms with Gasteiger partial charge in [-0.05, 0) is 55.6 Å². The molecule has 0 radical (unpaired) electrons. The summed E-state index contributed by atoms with van der Waals surface area (Å²) in [7, 11) is 0. The van der Waals surface area contributed by atoms with Crippen molar-refractivity contribution in [1.82, 2.24) is 5.32 Å². The van der Waals surface area contributed by atoms with Crippen LogP contribution in [0.15, 0.2) is 24.3 Å². The summed E-state index contributed by atoms with van der Waals surface area (Å²) in [5, 5.41) is 3.29. The van der Waals surface area contributed by atoms with Gasteiger partial charge in [0, 0.05) is 6.54 Å². The van der Waals surface area contributed by atoms with Crippen molar-refractivity contribution < 1.29 is 4.79 Å². The fourth-order valence-electron chi connectivity index (χ4n) is 3.86. The lowest BCUT2D eigenvalue weighted by atomic mass is 9.70. The van der Waals surface area contributed by atoms with Crippen LogP contribution in [0.25, 0.3) is 0 Å². The van der Waals surface area contributed by atoms with Gasteiger partial charge in [-0.25, -0.2) is 0 Å². The molecule has 0 spiro atoms. The van der Waals surface area contributed by atoms with Crippen molar-refractivity contribution >= 4 is 5.91 Å². The maximum Gasteiger partial charge on any atom is 0.227 e. The number of hydrogen-bond acceptors (Lipinski definition) is 2. The minimum Gasteiger partial charge on any atom is -0.349 e. The second-order valence-corrected chi connectivity index (χ2v) is 6.93. The Morgan fingerprint density at radius 1 is 1.29 bits per heavy atom. The molecule has 2 aliphatic rings. The molecule has 0 saturated heterocycles. The van der Waals surface area contributed by atoms with E-state index in [0.717, 1.165) is 44.4 Å². The second-order valence-electron chi connectivity index (χ2n) is 6.93. The number of amides is 1. The van der Waals surface area contributed by atoms with E-state index in [1.807, 2.05) is 0 Å². The number of nitrogens with one attached hydrogen (secondary N) is 1. The van der Waals surface area contributed by atoms with E-state index in [0.29, 0.717) is 6.54 Å². The Bertz CT molecular complexity index is 518. The number of aryl methyl sites for hydroxylation is 1. The number of nitrogens with two attached hydrogens (primary N) is 1. The van der Waals surface area contributed by atoms with Gasteiger partial charge in [-0.15, -0.1) is 0 Å². The van der Waals surface area contributed by atoms with E-state index in [2.05, 4.69) is 36.5 Å². The monoisotopic (exact) mass is 286 g/mol. The number of carbonyl (C=O) groups is 1. The summed E-state index contributed by atoms with van der Waals surface area (Å²) < 4.78 is 0. The first-order valence-corrected chi connectivity index (χ1v) is 8.23. The summed E-state index contributed by atoms with van der Waals surface area (Å²) >= 11 is 0. The smallest absolute Gasteiger partial charge is 0.227 e. The Balaban J connectivity index is 1.72. The van der Waals surface area contributed by atoms with Gasteiger partial charge in [0.2, 0.25) is 5.91 Å². The van der Waals surface area contributed by atoms with E-state index in [9.17, 15) is 4.79 Å². The minimum atomic E-state index is -0.329. The fraction of sp³-hybridized carbons (Fsp3) is 0.611. The van der Waals surface area contributed by atoms with Gasteiger partial charge in [0.1, 0.15) is 0 Å². The largest absolute Gasteiger partial charge is 0.349 e. The Morgan fingerprint density at radius 2 is 2.00 bits per heavy atom. The highest BCUT2D eigenvalue weighted by molar-refractivity contribution is 5.83. The zero-order valence-electron chi connectivity index (χ0n) is 12.9. The first-order valence-electron chi connectivity index (χ1n) is 8.23. The molecular weight excluding hydrogens is 260 g/mol. The molecule has 3 heteroatoms. The van der Waals surface area contributed by atoms with E-state index in [1.165, 1.54) is 11.1 Å². The Labute approximate surface area is 127 Å². The topological polar surface area (TPSA) is 55.1 Å². The zero-order chi connectivity index (χ0) is 14.9. The van der Waals surface area contributed by atoms with Crippen LogP contribution in [-0.2, 0) is 11.2 Å². The maximum atomic E-state index is 12.8. The summed E-state index contributed by atoms with van der Waals surface area (Å²) in [4.78, 5) is 12.8. The second kappa shape index (κ2) is 5.80. The molecule has 0 heterocycles. The summed E-state index contributed by atoms with van der Waals surface area (Å²) in [6.45, 7) is 2.74. The molecule has 2 aliphatic carbocycles. The van der Waals surface area contributed by atoms with Crippen LogP contribution in [0.3, 0.4) is 0 Å². The molecular formula is C18H26N2O. The first-order chi connectivity index (χ1) is 10.1. The van der Waals surface area contributed by atoms with Gasteiger partial charge in [0.05, 0.1) is 11.5 Å². The van der Waals surface area contributed by atoms with Gasteiger partial charge < -0.3 is 11.1 Å². The van der Waals surface area contributed by atoms with Crippen molar-refractivity contribution in [3.63, 3.8) is 0 Å². The standard InChI is InChI=1S/C18H26N2O/c1-13-8-10-18(12-19,11-9-13)17(21)20-16-7-6-14-4-2-3-5-15(14)16/h2-5,13,16H,6-12,19H2,1H3,(H,20,21). The number of hydrogen-bond donors (Lipinski definition) is 2. The lowest BCUT2D eigenvalue weighted by molar-refractivity contribution is -0.133. The number of carbonyl (C=O) groups excluding carboxylic acids is 1. The van der Waals surface area contributed by atoms with Crippen LogP contribution in [0.1, 0.15) is 56.2 Å². The third-order valence-electron chi connectivity index (χ3n) is 5.54. The molecule has 21 heavy (non-hydrogen) atoms. The fourth-order valence-corrected chi connectivity index (χ4v) is 3.86. The van der Waals surface area contributed by atoms with Crippen LogP contribution in [0.4, 0.5) is 0 Å². The molecule has 1 unspecified atom stereocenters.